The van der Waals surface area contributed by atoms with Crippen LogP contribution >= 0.6 is 7.82 Å². The summed E-state index contributed by atoms with van der Waals surface area (Å²) in [6, 6.07) is -0.921. The summed E-state index contributed by atoms with van der Waals surface area (Å²) in [6.07, 6.45) is 87.6. The Labute approximate surface area is 489 Å². The van der Waals surface area contributed by atoms with Gasteiger partial charge < -0.3 is 28.8 Å². The van der Waals surface area contributed by atoms with E-state index in [1.165, 1.54) is 167 Å². The SMILES string of the molecule is CC/C=C\C/C=C\C/C=C\C/C=C\C/C=C\C/C=C\CCCCCCCCCCCCC(=O)NC(COP(=O)([O-])OCC[N+](C)(C)C)C(O)/C=C/CC/C=C/CC/C=C/CCCCCCCCCCCCCCCCCCCC. The number of phosphoric ester groups is 1. The number of amides is 1. The van der Waals surface area contributed by atoms with E-state index in [2.05, 4.69) is 116 Å². The van der Waals surface area contributed by atoms with Gasteiger partial charge in [-0.3, -0.25) is 9.36 Å². The Bertz CT molecular complexity index is 1650. The minimum absolute atomic E-state index is 0.0150. The number of nitrogens with one attached hydrogen (secondary N) is 1. The Balaban J connectivity index is 4.23. The van der Waals surface area contributed by atoms with E-state index in [-0.39, 0.29) is 12.5 Å². The highest BCUT2D eigenvalue weighted by molar-refractivity contribution is 7.45. The average Bonchev–Trinajstić information content (AvgIpc) is 3.42. The molecule has 0 aromatic heterocycles. The van der Waals surface area contributed by atoms with Crippen molar-refractivity contribution in [1.29, 1.82) is 0 Å². The molecule has 8 nitrogen and oxygen atoms in total. The Morgan fingerprint density at radius 2 is 0.785 bits per heavy atom. The molecule has 3 unspecified atom stereocenters. The van der Waals surface area contributed by atoms with Gasteiger partial charge in [0.2, 0.25) is 5.91 Å². The minimum atomic E-state index is -4.62. The van der Waals surface area contributed by atoms with Crippen LogP contribution in [0.25, 0.3) is 0 Å². The molecule has 0 aliphatic heterocycles. The summed E-state index contributed by atoms with van der Waals surface area (Å²) in [5.74, 6) is -0.218. The lowest BCUT2D eigenvalue weighted by molar-refractivity contribution is -0.870. The normalized spacial score (nSPS) is 14.5. The molecule has 9 heteroatoms. The van der Waals surface area contributed by atoms with Gasteiger partial charge in [-0.25, -0.2) is 0 Å². The first-order valence-corrected chi connectivity index (χ1v) is 34.2. The molecule has 0 saturated heterocycles. The maximum atomic E-state index is 13.0. The van der Waals surface area contributed by atoms with E-state index >= 15 is 0 Å². The first-order chi connectivity index (χ1) is 38.5. The predicted octanol–water partition coefficient (Wildman–Crippen LogP) is 20.1. The molecular formula is C70H125N2O6P. The minimum Gasteiger partial charge on any atom is -0.756 e. The van der Waals surface area contributed by atoms with Crippen molar-refractivity contribution in [3.05, 3.63) is 109 Å². The Morgan fingerprint density at radius 1 is 0.456 bits per heavy atom. The van der Waals surface area contributed by atoms with Crippen molar-refractivity contribution < 1.29 is 32.9 Å². The van der Waals surface area contributed by atoms with Crippen molar-refractivity contribution >= 4 is 13.7 Å². The van der Waals surface area contributed by atoms with Crippen molar-refractivity contribution in [2.24, 2.45) is 0 Å². The van der Waals surface area contributed by atoms with Crippen LogP contribution in [0.2, 0.25) is 0 Å². The number of hydrogen-bond donors (Lipinski definition) is 2. The summed E-state index contributed by atoms with van der Waals surface area (Å²) in [6.45, 7) is 4.52. The second-order valence-electron chi connectivity index (χ2n) is 23.1. The topological polar surface area (TPSA) is 108 Å². The first kappa shape index (κ1) is 76.2. The van der Waals surface area contributed by atoms with E-state index in [0.29, 0.717) is 17.4 Å². The zero-order chi connectivity index (χ0) is 57.7. The standard InChI is InChI=1S/C70H125N2O6P/c1-6-8-10-12-14-16-18-20-22-24-26-28-30-32-34-36-38-40-42-44-46-48-50-52-54-56-58-60-62-64-70(74)71-68(67-78-79(75,76)77-66-65-72(3,4)5)69(73)63-61-59-57-55-53-51-49-47-45-43-41-39-37-35-33-31-29-27-25-23-21-19-17-15-13-11-9-7-2/h8,10,14,16,20,22,26,28,32,34,38,40,45,47,53,55,61,63,68-69,73H,6-7,9,11-13,15,17-19,21,23-25,27,29-31,33,35-37,39,41-44,46,48-52,54,56-60,62,64-67H2,1-5H3,(H-,71,74,75,76)/b10-8-,16-14-,22-20-,28-26-,34-32-,40-38-,47-45+,55-53+,63-61+. The third kappa shape index (κ3) is 62.6. The van der Waals surface area contributed by atoms with Gasteiger partial charge in [0.25, 0.3) is 7.82 Å². The molecule has 3 atom stereocenters. The fraction of sp³-hybridized carbons (Fsp3) is 0.729. The third-order valence-corrected chi connectivity index (χ3v) is 15.2. The maximum absolute atomic E-state index is 13.0. The fourth-order valence-electron chi connectivity index (χ4n) is 9.13. The lowest BCUT2D eigenvalue weighted by Gasteiger charge is -2.29. The second-order valence-corrected chi connectivity index (χ2v) is 24.5. The Kier molecular flexibility index (Phi) is 57.6. The van der Waals surface area contributed by atoms with Gasteiger partial charge >= 0.3 is 0 Å². The van der Waals surface area contributed by atoms with Crippen LogP contribution in [0.1, 0.15) is 277 Å². The van der Waals surface area contributed by atoms with E-state index in [4.69, 9.17) is 9.05 Å². The first-order valence-electron chi connectivity index (χ1n) is 32.7. The Morgan fingerprint density at radius 3 is 1.18 bits per heavy atom. The van der Waals surface area contributed by atoms with Crippen LogP contribution < -0.4 is 10.2 Å². The van der Waals surface area contributed by atoms with Gasteiger partial charge in [-0.05, 0) is 96.3 Å². The van der Waals surface area contributed by atoms with Crippen LogP contribution in [-0.2, 0) is 18.4 Å². The molecule has 2 N–H and O–H groups in total. The summed E-state index contributed by atoms with van der Waals surface area (Å²) < 4.78 is 23.4. The molecule has 0 spiro atoms. The number of nitrogens with zero attached hydrogens (tertiary/aromatic N) is 1. The van der Waals surface area contributed by atoms with Crippen LogP contribution in [0, 0.1) is 0 Å². The number of rotatable bonds is 59. The molecular weight excluding hydrogens is 996 g/mol. The number of unbranched alkanes of at least 4 members (excludes halogenated alkanes) is 30. The number of aliphatic hydroxyl groups excluding tert-OH is 1. The summed E-state index contributed by atoms with van der Waals surface area (Å²) >= 11 is 0. The molecule has 0 aromatic rings. The molecule has 0 radical (unpaired) electrons. The van der Waals surface area contributed by atoms with E-state index in [0.717, 1.165) is 89.9 Å². The van der Waals surface area contributed by atoms with E-state index < -0.39 is 26.6 Å². The lowest BCUT2D eigenvalue weighted by Crippen LogP contribution is -2.45. The summed E-state index contributed by atoms with van der Waals surface area (Å²) in [7, 11) is 1.22. The van der Waals surface area contributed by atoms with Gasteiger partial charge in [-0.2, -0.15) is 0 Å². The fourth-order valence-corrected chi connectivity index (χ4v) is 9.85. The predicted molar refractivity (Wildman–Crippen MR) is 343 cm³/mol. The van der Waals surface area contributed by atoms with Crippen LogP contribution in [0.5, 0.6) is 0 Å². The van der Waals surface area contributed by atoms with Crippen molar-refractivity contribution in [3.63, 3.8) is 0 Å². The molecule has 456 valence electrons. The van der Waals surface area contributed by atoms with Crippen LogP contribution in [-0.4, -0.2) is 68.5 Å². The molecule has 0 heterocycles. The van der Waals surface area contributed by atoms with E-state index in [1.807, 2.05) is 27.2 Å². The number of carbonyl (C=O) groups excluding carboxylic acids is 1. The zero-order valence-corrected chi connectivity index (χ0v) is 52.9. The number of quaternary nitrogens is 1. The number of hydrogen-bond acceptors (Lipinski definition) is 6. The van der Waals surface area contributed by atoms with Crippen LogP contribution in [0.3, 0.4) is 0 Å². The number of likely N-dealkylation sites (N-methyl/N-ethyl adjacent to an activating group) is 1. The quantitative estimate of drug-likeness (QED) is 0.0272. The van der Waals surface area contributed by atoms with Crippen molar-refractivity contribution in [1.82, 2.24) is 5.32 Å². The molecule has 79 heavy (non-hydrogen) atoms. The number of allylic oxidation sites excluding steroid dienone is 17. The van der Waals surface area contributed by atoms with E-state index in [1.54, 1.807) is 6.08 Å². The second kappa shape index (κ2) is 59.8. The smallest absolute Gasteiger partial charge is 0.268 e. The van der Waals surface area contributed by atoms with Gasteiger partial charge in [0, 0.05) is 6.42 Å². The molecule has 0 aromatic carbocycles. The molecule has 0 fully saturated rings. The maximum Gasteiger partial charge on any atom is 0.268 e. The van der Waals surface area contributed by atoms with E-state index in [9.17, 15) is 19.4 Å². The van der Waals surface area contributed by atoms with Crippen molar-refractivity contribution in [2.75, 3.05) is 40.9 Å². The highest BCUT2D eigenvalue weighted by Crippen LogP contribution is 2.38. The summed E-state index contributed by atoms with van der Waals surface area (Å²) in [4.78, 5) is 25.6. The number of phosphoric acid groups is 1. The average molecular weight is 1120 g/mol. The van der Waals surface area contributed by atoms with Gasteiger partial charge in [-0.1, -0.05) is 284 Å². The molecule has 0 bridgehead atoms. The highest BCUT2D eigenvalue weighted by Gasteiger charge is 2.23. The van der Waals surface area contributed by atoms with Crippen LogP contribution in [0.15, 0.2) is 109 Å². The van der Waals surface area contributed by atoms with Gasteiger partial charge in [0.05, 0.1) is 39.9 Å². The monoisotopic (exact) mass is 1120 g/mol. The largest absolute Gasteiger partial charge is 0.756 e. The third-order valence-electron chi connectivity index (χ3n) is 14.2. The molecule has 0 aliphatic carbocycles. The highest BCUT2D eigenvalue weighted by atomic mass is 31.2. The number of aliphatic hydroxyl groups is 1. The van der Waals surface area contributed by atoms with Crippen molar-refractivity contribution in [2.45, 2.75) is 289 Å². The van der Waals surface area contributed by atoms with Crippen LogP contribution in [0.4, 0.5) is 0 Å². The molecule has 0 aliphatic rings. The zero-order valence-electron chi connectivity index (χ0n) is 52.0. The molecule has 1 amide bonds. The summed E-state index contributed by atoms with van der Waals surface area (Å²) in [5.41, 5.74) is 0. The van der Waals surface area contributed by atoms with Gasteiger partial charge in [0.15, 0.2) is 0 Å². The van der Waals surface area contributed by atoms with Crippen molar-refractivity contribution in [3.8, 4) is 0 Å². The summed E-state index contributed by atoms with van der Waals surface area (Å²) in [5, 5.41) is 13.9. The molecule has 0 rings (SSSR count). The van der Waals surface area contributed by atoms with Gasteiger partial charge in [-0.15, -0.1) is 0 Å². The number of carbonyl (C=O) groups is 1. The lowest BCUT2D eigenvalue weighted by atomic mass is 10.0. The van der Waals surface area contributed by atoms with Gasteiger partial charge in [0.1, 0.15) is 13.2 Å². The molecule has 0 saturated carbocycles. The Hall–Kier alpha value is -2.84.